The molecule has 0 spiro atoms. The smallest absolute Gasteiger partial charge is 0.122 e. The number of benzene rings is 1. The Hall–Kier alpha value is -2.14. The maximum atomic E-state index is 5.60. The Kier molecular flexibility index (Phi) is 4.01. The van der Waals surface area contributed by atoms with Crippen molar-refractivity contribution in [3.05, 3.63) is 48.3 Å². The number of anilines is 3. The second kappa shape index (κ2) is 6.10. The van der Waals surface area contributed by atoms with E-state index in [0.29, 0.717) is 10.7 Å². The first-order chi connectivity index (χ1) is 10.2. The summed E-state index contributed by atoms with van der Waals surface area (Å²) in [7, 11) is 0. The Balaban J connectivity index is 1.72. The molecule has 1 aliphatic heterocycles. The van der Waals surface area contributed by atoms with Crippen LogP contribution in [0.3, 0.4) is 0 Å². The minimum absolute atomic E-state index is 0.308. The molecule has 1 fully saturated rings. The Morgan fingerprint density at radius 3 is 2.48 bits per heavy atom. The number of thiocarbonyl (C=S) groups is 1. The summed E-state index contributed by atoms with van der Waals surface area (Å²) in [5.74, 6) is 0. The number of nitrogens with zero attached hydrogens (tertiary/aromatic N) is 2. The lowest BCUT2D eigenvalue weighted by atomic mass is 10.2. The standard InChI is InChI=1S/C16H18N4S/c17-16(21)15-11-13(7-8-18-15)19-12-3-5-14(6-4-12)20-9-1-2-10-20/h3-8,11H,1-2,9-10H2,(H2,17,21)(H,18,19). The molecule has 21 heavy (non-hydrogen) atoms. The Bertz CT molecular complexity index is 633. The van der Waals surface area contributed by atoms with Crippen molar-refractivity contribution in [1.82, 2.24) is 4.98 Å². The molecule has 0 radical (unpaired) electrons. The van der Waals surface area contributed by atoms with Crippen LogP contribution in [-0.2, 0) is 0 Å². The van der Waals surface area contributed by atoms with E-state index in [9.17, 15) is 0 Å². The number of nitrogens with two attached hydrogens (primary N) is 1. The Labute approximate surface area is 130 Å². The molecule has 1 aliphatic rings. The van der Waals surface area contributed by atoms with Gasteiger partial charge in [-0.2, -0.15) is 0 Å². The predicted molar refractivity (Wildman–Crippen MR) is 91.3 cm³/mol. The zero-order valence-corrected chi connectivity index (χ0v) is 12.6. The van der Waals surface area contributed by atoms with Gasteiger partial charge in [-0.3, -0.25) is 4.98 Å². The van der Waals surface area contributed by atoms with Gasteiger partial charge < -0.3 is 16.0 Å². The van der Waals surface area contributed by atoms with E-state index in [-0.39, 0.29) is 0 Å². The lowest BCUT2D eigenvalue weighted by Gasteiger charge is -2.18. The third-order valence-electron chi connectivity index (χ3n) is 3.64. The molecule has 3 rings (SSSR count). The van der Waals surface area contributed by atoms with Crippen molar-refractivity contribution in [3.8, 4) is 0 Å². The topological polar surface area (TPSA) is 54.2 Å². The molecule has 3 N–H and O–H groups in total. The summed E-state index contributed by atoms with van der Waals surface area (Å²) in [5, 5.41) is 3.34. The molecule has 2 heterocycles. The van der Waals surface area contributed by atoms with Crippen LogP contribution in [0.15, 0.2) is 42.6 Å². The van der Waals surface area contributed by atoms with Gasteiger partial charge in [0.1, 0.15) is 4.99 Å². The highest BCUT2D eigenvalue weighted by molar-refractivity contribution is 7.80. The summed E-state index contributed by atoms with van der Waals surface area (Å²) < 4.78 is 0. The fraction of sp³-hybridized carbons (Fsp3) is 0.250. The number of rotatable bonds is 4. The molecular weight excluding hydrogens is 280 g/mol. The molecule has 4 nitrogen and oxygen atoms in total. The highest BCUT2D eigenvalue weighted by atomic mass is 32.1. The minimum Gasteiger partial charge on any atom is -0.388 e. The lowest BCUT2D eigenvalue weighted by Crippen LogP contribution is -2.17. The van der Waals surface area contributed by atoms with Gasteiger partial charge in [-0.05, 0) is 49.2 Å². The molecule has 0 bridgehead atoms. The fourth-order valence-corrected chi connectivity index (χ4v) is 2.65. The average molecular weight is 298 g/mol. The number of pyridine rings is 1. The van der Waals surface area contributed by atoms with Crippen molar-refractivity contribution in [1.29, 1.82) is 0 Å². The van der Waals surface area contributed by atoms with Gasteiger partial charge >= 0.3 is 0 Å². The zero-order chi connectivity index (χ0) is 14.7. The summed E-state index contributed by atoms with van der Waals surface area (Å²) in [5.41, 5.74) is 9.49. The first-order valence-electron chi connectivity index (χ1n) is 7.10. The van der Waals surface area contributed by atoms with E-state index >= 15 is 0 Å². The van der Waals surface area contributed by atoms with Gasteiger partial charge in [0, 0.05) is 36.3 Å². The first-order valence-corrected chi connectivity index (χ1v) is 7.51. The van der Waals surface area contributed by atoms with Crippen LogP contribution in [0.1, 0.15) is 18.5 Å². The van der Waals surface area contributed by atoms with E-state index in [1.165, 1.54) is 18.5 Å². The third kappa shape index (κ3) is 3.31. The van der Waals surface area contributed by atoms with E-state index < -0.39 is 0 Å². The number of nitrogens with one attached hydrogen (secondary N) is 1. The highest BCUT2D eigenvalue weighted by Crippen LogP contribution is 2.24. The molecule has 0 unspecified atom stereocenters. The van der Waals surface area contributed by atoms with Crippen LogP contribution >= 0.6 is 12.2 Å². The predicted octanol–water partition coefficient (Wildman–Crippen LogP) is 3.06. The summed E-state index contributed by atoms with van der Waals surface area (Å²) >= 11 is 4.95. The molecule has 1 aromatic heterocycles. The molecule has 0 atom stereocenters. The van der Waals surface area contributed by atoms with Crippen LogP contribution in [0.5, 0.6) is 0 Å². The van der Waals surface area contributed by atoms with Crippen LogP contribution in [0.4, 0.5) is 17.1 Å². The van der Waals surface area contributed by atoms with Gasteiger partial charge in [-0.1, -0.05) is 12.2 Å². The SMILES string of the molecule is NC(=S)c1cc(Nc2ccc(N3CCCC3)cc2)ccn1. The van der Waals surface area contributed by atoms with E-state index in [4.69, 9.17) is 18.0 Å². The quantitative estimate of drug-likeness (QED) is 0.850. The molecule has 0 amide bonds. The fourth-order valence-electron chi connectivity index (χ4n) is 2.54. The van der Waals surface area contributed by atoms with Gasteiger partial charge in [0.2, 0.25) is 0 Å². The van der Waals surface area contributed by atoms with Crippen LogP contribution in [-0.4, -0.2) is 23.1 Å². The first kappa shape index (κ1) is 13.8. The highest BCUT2D eigenvalue weighted by Gasteiger charge is 2.11. The van der Waals surface area contributed by atoms with Crippen LogP contribution in [0.2, 0.25) is 0 Å². The van der Waals surface area contributed by atoms with E-state index in [1.807, 2.05) is 12.1 Å². The largest absolute Gasteiger partial charge is 0.388 e. The number of aromatic nitrogens is 1. The molecule has 0 saturated carbocycles. The van der Waals surface area contributed by atoms with E-state index in [0.717, 1.165) is 24.5 Å². The van der Waals surface area contributed by atoms with Gasteiger partial charge in [-0.25, -0.2) is 0 Å². The van der Waals surface area contributed by atoms with Crippen molar-refractivity contribution >= 4 is 34.3 Å². The second-order valence-corrected chi connectivity index (χ2v) is 5.60. The number of hydrogen-bond donors (Lipinski definition) is 2. The van der Waals surface area contributed by atoms with Crippen molar-refractivity contribution in [2.45, 2.75) is 12.8 Å². The minimum atomic E-state index is 0.308. The summed E-state index contributed by atoms with van der Waals surface area (Å²) in [6, 6.07) is 12.3. The van der Waals surface area contributed by atoms with Gasteiger partial charge in [-0.15, -0.1) is 0 Å². The van der Waals surface area contributed by atoms with Crippen molar-refractivity contribution in [2.75, 3.05) is 23.3 Å². The zero-order valence-electron chi connectivity index (χ0n) is 11.7. The molecule has 108 valence electrons. The van der Waals surface area contributed by atoms with Crippen molar-refractivity contribution in [3.63, 3.8) is 0 Å². The molecular formula is C16H18N4S. The van der Waals surface area contributed by atoms with Crippen molar-refractivity contribution in [2.24, 2.45) is 5.73 Å². The Morgan fingerprint density at radius 1 is 1.10 bits per heavy atom. The third-order valence-corrected chi connectivity index (χ3v) is 3.85. The van der Waals surface area contributed by atoms with Gasteiger partial charge in [0.25, 0.3) is 0 Å². The maximum absolute atomic E-state index is 5.60. The van der Waals surface area contributed by atoms with Crippen LogP contribution in [0, 0.1) is 0 Å². The molecule has 2 aromatic rings. The number of hydrogen-bond acceptors (Lipinski definition) is 4. The molecule has 1 saturated heterocycles. The van der Waals surface area contributed by atoms with Gasteiger partial charge in [0.15, 0.2) is 0 Å². The van der Waals surface area contributed by atoms with Crippen LogP contribution in [0.25, 0.3) is 0 Å². The monoisotopic (exact) mass is 298 g/mol. The molecule has 5 heteroatoms. The van der Waals surface area contributed by atoms with E-state index in [1.54, 1.807) is 6.20 Å². The molecule has 1 aromatic carbocycles. The molecule has 0 aliphatic carbocycles. The lowest BCUT2D eigenvalue weighted by molar-refractivity contribution is 0.949. The summed E-state index contributed by atoms with van der Waals surface area (Å²) in [4.78, 5) is 6.86. The summed E-state index contributed by atoms with van der Waals surface area (Å²) in [6.07, 6.45) is 4.28. The summed E-state index contributed by atoms with van der Waals surface area (Å²) in [6.45, 7) is 2.32. The Morgan fingerprint density at radius 2 is 1.81 bits per heavy atom. The van der Waals surface area contributed by atoms with Crippen molar-refractivity contribution < 1.29 is 0 Å². The maximum Gasteiger partial charge on any atom is 0.122 e. The van der Waals surface area contributed by atoms with Gasteiger partial charge in [0.05, 0.1) is 5.69 Å². The van der Waals surface area contributed by atoms with Crippen LogP contribution < -0.4 is 16.0 Å². The second-order valence-electron chi connectivity index (χ2n) is 5.16. The normalized spacial score (nSPS) is 14.2. The van der Waals surface area contributed by atoms with E-state index in [2.05, 4.69) is 39.5 Å². The average Bonchev–Trinajstić information content (AvgIpc) is 3.02.